The first kappa shape index (κ1) is 31.3. The molecule has 11 heteroatoms. The second-order valence-corrected chi connectivity index (χ2v) is 12.5. The number of aliphatic hydroxyl groups is 3. The number of amides is 1. The van der Waals surface area contributed by atoms with Crippen LogP contribution in [0, 0.1) is 0 Å². The second-order valence-electron chi connectivity index (χ2n) is 11.0. The lowest BCUT2D eigenvalue weighted by Gasteiger charge is -2.43. The second kappa shape index (κ2) is 12.5. The number of primary amides is 1. The molecule has 0 unspecified atom stereocenters. The van der Waals surface area contributed by atoms with Crippen LogP contribution >= 0.6 is 23.4 Å². The molecule has 1 aliphatic carbocycles. The van der Waals surface area contributed by atoms with E-state index in [-0.39, 0.29) is 17.7 Å². The number of hydrogen-bond donors (Lipinski definition) is 5. The Morgan fingerprint density at radius 3 is 2.44 bits per heavy atom. The maximum absolute atomic E-state index is 12.1. The molecule has 228 valence electrons. The van der Waals surface area contributed by atoms with Crippen molar-refractivity contribution in [2.24, 2.45) is 5.73 Å². The smallest absolute Gasteiger partial charge is 0.314 e. The average molecular weight is 628 g/mol. The average Bonchev–Trinajstić information content (AvgIpc) is 3.79. The number of aliphatic carboxylic acids is 1. The van der Waals surface area contributed by atoms with E-state index in [0.29, 0.717) is 46.9 Å². The molecule has 3 aromatic rings. The Balaban J connectivity index is 1.37. The van der Waals surface area contributed by atoms with Crippen LogP contribution in [0.5, 0.6) is 5.75 Å². The highest BCUT2D eigenvalue weighted by molar-refractivity contribution is 7.99. The van der Waals surface area contributed by atoms with Gasteiger partial charge in [0.2, 0.25) is 5.91 Å². The fraction of sp³-hybridized carbons (Fsp3) is 0.375. The molecule has 2 aliphatic rings. The van der Waals surface area contributed by atoms with Gasteiger partial charge in [-0.05, 0) is 79.3 Å². The van der Waals surface area contributed by atoms with Crippen LogP contribution in [-0.2, 0) is 27.2 Å². The molecule has 2 fully saturated rings. The predicted molar refractivity (Wildman–Crippen MR) is 162 cm³/mol. The molecule has 0 spiro atoms. The minimum absolute atomic E-state index is 0.0536. The summed E-state index contributed by atoms with van der Waals surface area (Å²) in [6.45, 7) is 2.48. The van der Waals surface area contributed by atoms with Crippen molar-refractivity contribution in [3.8, 4) is 5.75 Å². The maximum atomic E-state index is 12.1. The molecule has 1 saturated heterocycles. The van der Waals surface area contributed by atoms with Crippen LogP contribution in [0.25, 0.3) is 0 Å². The number of benzene rings is 3. The Labute approximate surface area is 258 Å². The fourth-order valence-electron chi connectivity index (χ4n) is 5.47. The number of aliphatic hydroxyl groups excluding tert-OH is 2. The van der Waals surface area contributed by atoms with E-state index >= 15 is 0 Å². The highest BCUT2D eigenvalue weighted by Gasteiger charge is 2.53. The molecule has 1 heterocycles. The highest BCUT2D eigenvalue weighted by Crippen LogP contribution is 2.52. The number of rotatable bonds is 11. The van der Waals surface area contributed by atoms with Crippen LogP contribution in [0.1, 0.15) is 58.8 Å². The summed E-state index contributed by atoms with van der Waals surface area (Å²) < 4.78 is 11.6. The van der Waals surface area contributed by atoms with Gasteiger partial charge in [-0.2, -0.15) is 0 Å². The first-order valence-electron chi connectivity index (χ1n) is 14.0. The van der Waals surface area contributed by atoms with E-state index in [0.717, 1.165) is 16.9 Å². The van der Waals surface area contributed by atoms with Gasteiger partial charge in [-0.25, -0.2) is 0 Å². The summed E-state index contributed by atoms with van der Waals surface area (Å²) in [6, 6.07) is 17.3. The van der Waals surface area contributed by atoms with Crippen molar-refractivity contribution in [3.63, 3.8) is 0 Å². The third kappa shape index (κ3) is 6.55. The van der Waals surface area contributed by atoms with Gasteiger partial charge < -0.3 is 35.6 Å². The fourth-order valence-corrected chi connectivity index (χ4v) is 6.89. The molecule has 9 nitrogen and oxygen atoms in total. The van der Waals surface area contributed by atoms with Crippen LogP contribution in [0.2, 0.25) is 5.02 Å². The quantitative estimate of drug-likeness (QED) is 0.198. The van der Waals surface area contributed by atoms with Crippen LogP contribution < -0.4 is 10.5 Å². The number of carbonyl (C=O) groups is 2. The standard InChI is InChI=1S/C32H34ClNO8S/c1-2-41-22-7-3-18(4-8-22)13-20-14-21(6-10-24(20)33)32(40)16-25(35)28(36)26(42-32)17-43-27-15-19(29(34)37)5-9-23(27)31(11-12-31)30(38)39/h3-10,14-15,25-26,28,35-36,40H,2,11-13,16-17H2,1H3,(H2,34,37)(H,38,39)/t25-,26-,28-,32+/m1/s1. The van der Waals surface area contributed by atoms with Gasteiger partial charge >= 0.3 is 5.97 Å². The van der Waals surface area contributed by atoms with Crippen molar-refractivity contribution in [1.82, 2.24) is 0 Å². The monoisotopic (exact) mass is 627 g/mol. The minimum atomic E-state index is -1.93. The number of nitrogens with two attached hydrogens (primary N) is 1. The summed E-state index contributed by atoms with van der Waals surface area (Å²) in [6.07, 6.45) is -2.53. The van der Waals surface area contributed by atoms with Gasteiger partial charge in [0.15, 0.2) is 5.79 Å². The highest BCUT2D eigenvalue weighted by atomic mass is 35.5. The van der Waals surface area contributed by atoms with E-state index in [4.69, 9.17) is 26.8 Å². The zero-order valence-electron chi connectivity index (χ0n) is 23.5. The molecule has 4 atom stereocenters. The van der Waals surface area contributed by atoms with Crippen molar-refractivity contribution >= 4 is 35.2 Å². The lowest BCUT2D eigenvalue weighted by atomic mass is 9.90. The van der Waals surface area contributed by atoms with Crippen molar-refractivity contribution < 1.29 is 39.5 Å². The lowest BCUT2D eigenvalue weighted by Crippen LogP contribution is -2.54. The van der Waals surface area contributed by atoms with Gasteiger partial charge in [0.1, 0.15) is 11.9 Å². The van der Waals surface area contributed by atoms with Crippen LogP contribution in [0.4, 0.5) is 0 Å². The molecule has 5 rings (SSSR count). The molecule has 3 aromatic carbocycles. The molecule has 0 radical (unpaired) electrons. The Morgan fingerprint density at radius 1 is 1.09 bits per heavy atom. The molecule has 1 aliphatic heterocycles. The number of carbonyl (C=O) groups excluding carboxylic acids is 1. The topological polar surface area (TPSA) is 160 Å². The van der Waals surface area contributed by atoms with E-state index in [1.165, 1.54) is 23.9 Å². The van der Waals surface area contributed by atoms with Gasteiger partial charge in [0.25, 0.3) is 0 Å². The predicted octanol–water partition coefficient (Wildman–Crippen LogP) is 3.99. The normalized spacial score (nSPS) is 24.3. The molecule has 43 heavy (non-hydrogen) atoms. The summed E-state index contributed by atoms with van der Waals surface area (Å²) in [5.74, 6) is -2.73. The number of hydrogen-bond acceptors (Lipinski definition) is 8. The Morgan fingerprint density at radius 2 is 1.81 bits per heavy atom. The van der Waals surface area contributed by atoms with Gasteiger partial charge in [0.05, 0.1) is 24.2 Å². The Kier molecular flexibility index (Phi) is 9.08. The van der Waals surface area contributed by atoms with E-state index in [2.05, 4.69) is 0 Å². The third-order valence-electron chi connectivity index (χ3n) is 8.08. The Bertz CT molecular complexity index is 1510. The minimum Gasteiger partial charge on any atom is -0.494 e. The summed E-state index contributed by atoms with van der Waals surface area (Å²) in [5, 5.41) is 43.6. The van der Waals surface area contributed by atoms with Crippen LogP contribution in [0.3, 0.4) is 0 Å². The summed E-state index contributed by atoms with van der Waals surface area (Å²) in [4.78, 5) is 24.4. The van der Waals surface area contributed by atoms with Crippen molar-refractivity contribution in [2.45, 2.75) is 67.0 Å². The van der Waals surface area contributed by atoms with Crippen molar-refractivity contribution in [3.05, 3.63) is 93.5 Å². The molecule has 1 amide bonds. The summed E-state index contributed by atoms with van der Waals surface area (Å²) in [5.41, 5.74) is 7.29. The molecule has 0 aromatic heterocycles. The van der Waals surface area contributed by atoms with Crippen LogP contribution in [0.15, 0.2) is 65.6 Å². The maximum Gasteiger partial charge on any atom is 0.314 e. The van der Waals surface area contributed by atoms with E-state index < -0.39 is 41.4 Å². The van der Waals surface area contributed by atoms with Gasteiger partial charge in [-0.1, -0.05) is 35.9 Å². The number of carboxylic acid groups (broad SMARTS) is 1. The van der Waals surface area contributed by atoms with E-state index in [1.54, 1.807) is 24.3 Å². The third-order valence-corrected chi connectivity index (χ3v) is 9.59. The SMILES string of the molecule is CCOc1ccc(Cc2cc([C@]3(O)C[C@@H](O)[C@@H](O)[C@@H](CSc4cc(C(N)=O)ccc4C4(C(=O)O)CC4)O3)ccc2Cl)cc1. The molecule has 1 saturated carbocycles. The number of carboxylic acids is 1. The van der Waals surface area contributed by atoms with Crippen molar-refractivity contribution in [1.29, 1.82) is 0 Å². The van der Waals surface area contributed by atoms with Gasteiger partial charge in [-0.3, -0.25) is 9.59 Å². The molecular formula is C32H34ClNO8S. The van der Waals surface area contributed by atoms with Crippen LogP contribution in [-0.4, -0.2) is 63.0 Å². The largest absolute Gasteiger partial charge is 0.494 e. The molecule has 6 N–H and O–H groups in total. The Hall–Kier alpha value is -3.12. The van der Waals surface area contributed by atoms with E-state index in [1.807, 2.05) is 31.2 Å². The summed E-state index contributed by atoms with van der Waals surface area (Å²) in [7, 11) is 0. The number of halogens is 1. The number of thioether (sulfide) groups is 1. The number of ether oxygens (including phenoxy) is 2. The van der Waals surface area contributed by atoms with Gasteiger partial charge in [-0.15, -0.1) is 11.8 Å². The lowest BCUT2D eigenvalue weighted by molar-refractivity contribution is -0.303. The summed E-state index contributed by atoms with van der Waals surface area (Å²) >= 11 is 7.68. The first-order chi connectivity index (χ1) is 20.5. The first-order valence-corrected chi connectivity index (χ1v) is 15.4. The molecular weight excluding hydrogens is 594 g/mol. The molecule has 0 bridgehead atoms. The zero-order chi connectivity index (χ0) is 30.9. The zero-order valence-corrected chi connectivity index (χ0v) is 25.1. The van der Waals surface area contributed by atoms with Crippen molar-refractivity contribution in [2.75, 3.05) is 12.4 Å². The van der Waals surface area contributed by atoms with E-state index in [9.17, 15) is 30.0 Å². The van der Waals surface area contributed by atoms with Gasteiger partial charge in [0, 0.05) is 33.2 Å².